The highest BCUT2D eigenvalue weighted by atomic mass is 32.2. The van der Waals surface area contributed by atoms with Crippen LogP contribution in [-0.2, 0) is 11.3 Å². The second kappa shape index (κ2) is 9.03. The molecule has 1 aliphatic carbocycles. The largest absolute Gasteiger partial charge is 0.349 e. The molecule has 1 N–H and O–H groups in total. The quantitative estimate of drug-likeness (QED) is 0.562. The summed E-state index contributed by atoms with van der Waals surface area (Å²) >= 11 is 1.44. The van der Waals surface area contributed by atoms with Crippen LogP contribution in [-0.4, -0.2) is 26.4 Å². The molecular weight excluding hydrogens is 344 g/mol. The number of carbonyl (C=O) groups is 1. The standard InChI is InChI=1S/C20H26N4OS/c1-3-13-24-19(17-11-7-8-12-17)22-23-20(24)26-14-18(25)21-15(2)16-9-5-4-6-10-16/h3-6,9-10,15,17H,1,7-8,11-14H2,2H3,(H,21,25). The monoisotopic (exact) mass is 370 g/mol. The summed E-state index contributed by atoms with van der Waals surface area (Å²) in [4.78, 5) is 12.3. The van der Waals surface area contributed by atoms with Gasteiger partial charge in [0.25, 0.3) is 0 Å². The summed E-state index contributed by atoms with van der Waals surface area (Å²) in [6.07, 6.45) is 6.73. The number of nitrogens with zero attached hydrogens (tertiary/aromatic N) is 3. The van der Waals surface area contributed by atoms with Crippen LogP contribution in [0.1, 0.15) is 56.0 Å². The normalized spacial score (nSPS) is 15.7. The minimum Gasteiger partial charge on any atom is -0.349 e. The lowest BCUT2D eigenvalue weighted by Crippen LogP contribution is -2.28. The fraction of sp³-hybridized carbons (Fsp3) is 0.450. The summed E-state index contributed by atoms with van der Waals surface area (Å²) in [7, 11) is 0. The highest BCUT2D eigenvalue weighted by Crippen LogP contribution is 2.34. The SMILES string of the molecule is C=CCn1c(SCC(=O)NC(C)c2ccccc2)nnc1C1CCCC1. The third-order valence-corrected chi connectivity index (χ3v) is 5.75. The summed E-state index contributed by atoms with van der Waals surface area (Å²) in [5.41, 5.74) is 1.10. The van der Waals surface area contributed by atoms with Gasteiger partial charge in [-0.15, -0.1) is 16.8 Å². The van der Waals surface area contributed by atoms with Crippen molar-refractivity contribution in [2.24, 2.45) is 0 Å². The fourth-order valence-corrected chi connectivity index (χ4v) is 4.20. The lowest BCUT2D eigenvalue weighted by molar-refractivity contribution is -0.119. The molecule has 1 aromatic heterocycles. The van der Waals surface area contributed by atoms with Gasteiger partial charge < -0.3 is 9.88 Å². The smallest absolute Gasteiger partial charge is 0.230 e. The van der Waals surface area contributed by atoms with E-state index in [0.29, 0.717) is 18.2 Å². The number of amides is 1. The molecule has 0 saturated heterocycles. The number of thioether (sulfide) groups is 1. The first kappa shape index (κ1) is 18.7. The Morgan fingerprint density at radius 1 is 1.35 bits per heavy atom. The second-order valence-electron chi connectivity index (χ2n) is 6.71. The Balaban J connectivity index is 1.60. The molecule has 0 spiro atoms. The first-order chi connectivity index (χ1) is 12.7. The van der Waals surface area contributed by atoms with E-state index in [9.17, 15) is 4.79 Å². The van der Waals surface area contributed by atoms with E-state index in [1.165, 1.54) is 37.4 Å². The Labute approximate surface area is 159 Å². The summed E-state index contributed by atoms with van der Waals surface area (Å²) in [5.74, 6) is 1.87. The van der Waals surface area contributed by atoms with Crippen LogP contribution in [0.25, 0.3) is 0 Å². The molecule has 26 heavy (non-hydrogen) atoms. The van der Waals surface area contributed by atoms with Gasteiger partial charge >= 0.3 is 0 Å². The molecule has 2 aromatic rings. The summed E-state index contributed by atoms with van der Waals surface area (Å²) in [5, 5.41) is 12.6. The Bertz CT molecular complexity index is 738. The number of allylic oxidation sites excluding steroid dienone is 1. The number of carbonyl (C=O) groups excluding carboxylic acids is 1. The summed E-state index contributed by atoms with van der Waals surface area (Å²) in [6.45, 7) is 6.53. The first-order valence-electron chi connectivity index (χ1n) is 9.20. The minimum absolute atomic E-state index is 0.00178. The molecule has 0 aliphatic heterocycles. The number of benzene rings is 1. The molecule has 1 heterocycles. The van der Waals surface area contributed by atoms with Gasteiger partial charge in [0.05, 0.1) is 11.8 Å². The number of hydrogen-bond acceptors (Lipinski definition) is 4. The van der Waals surface area contributed by atoms with Crippen LogP contribution in [0, 0.1) is 0 Å². The topological polar surface area (TPSA) is 59.8 Å². The van der Waals surface area contributed by atoms with Gasteiger partial charge in [0.2, 0.25) is 5.91 Å². The van der Waals surface area contributed by atoms with Crippen molar-refractivity contribution < 1.29 is 4.79 Å². The van der Waals surface area contributed by atoms with Crippen molar-refractivity contribution >= 4 is 17.7 Å². The van der Waals surface area contributed by atoms with E-state index < -0.39 is 0 Å². The van der Waals surface area contributed by atoms with Gasteiger partial charge in [-0.25, -0.2) is 0 Å². The van der Waals surface area contributed by atoms with E-state index in [1.807, 2.05) is 43.3 Å². The number of rotatable bonds is 8. The van der Waals surface area contributed by atoms with Gasteiger partial charge in [0, 0.05) is 12.5 Å². The summed E-state index contributed by atoms with van der Waals surface area (Å²) in [6, 6.07) is 9.97. The van der Waals surface area contributed by atoms with Crippen LogP contribution in [0.15, 0.2) is 48.1 Å². The number of hydrogen-bond donors (Lipinski definition) is 1. The van der Waals surface area contributed by atoms with Gasteiger partial charge in [-0.2, -0.15) is 0 Å². The van der Waals surface area contributed by atoms with E-state index in [1.54, 1.807) is 0 Å². The molecule has 1 fully saturated rings. The van der Waals surface area contributed by atoms with Crippen LogP contribution in [0.2, 0.25) is 0 Å². The zero-order valence-corrected chi connectivity index (χ0v) is 16.0. The maximum atomic E-state index is 12.3. The van der Waals surface area contributed by atoms with E-state index in [2.05, 4.69) is 26.7 Å². The lowest BCUT2D eigenvalue weighted by Gasteiger charge is -2.14. The lowest BCUT2D eigenvalue weighted by atomic mass is 10.1. The molecule has 5 nitrogen and oxygen atoms in total. The van der Waals surface area contributed by atoms with E-state index in [4.69, 9.17) is 0 Å². The fourth-order valence-electron chi connectivity index (χ4n) is 3.43. The van der Waals surface area contributed by atoms with Crippen LogP contribution in [0.3, 0.4) is 0 Å². The van der Waals surface area contributed by atoms with Crippen LogP contribution in [0.5, 0.6) is 0 Å². The zero-order valence-electron chi connectivity index (χ0n) is 15.2. The number of aromatic nitrogens is 3. The minimum atomic E-state index is -0.00982. The van der Waals surface area contributed by atoms with Gasteiger partial charge in [-0.05, 0) is 25.3 Å². The van der Waals surface area contributed by atoms with Gasteiger partial charge in [0.1, 0.15) is 5.82 Å². The van der Waals surface area contributed by atoms with Crippen molar-refractivity contribution in [1.82, 2.24) is 20.1 Å². The molecule has 138 valence electrons. The molecule has 1 saturated carbocycles. The second-order valence-corrected chi connectivity index (χ2v) is 7.65. The Morgan fingerprint density at radius 3 is 2.77 bits per heavy atom. The van der Waals surface area contributed by atoms with Crippen LogP contribution >= 0.6 is 11.8 Å². The van der Waals surface area contributed by atoms with Crippen molar-refractivity contribution in [3.8, 4) is 0 Å². The first-order valence-corrected chi connectivity index (χ1v) is 10.2. The van der Waals surface area contributed by atoms with E-state index in [0.717, 1.165) is 16.5 Å². The highest BCUT2D eigenvalue weighted by molar-refractivity contribution is 7.99. The molecule has 0 radical (unpaired) electrons. The maximum absolute atomic E-state index is 12.3. The van der Waals surface area contributed by atoms with Crippen LogP contribution < -0.4 is 5.32 Å². The van der Waals surface area contributed by atoms with Crippen molar-refractivity contribution in [3.63, 3.8) is 0 Å². The van der Waals surface area contributed by atoms with Crippen molar-refractivity contribution in [1.29, 1.82) is 0 Å². The average molecular weight is 371 g/mol. The summed E-state index contributed by atoms with van der Waals surface area (Å²) < 4.78 is 2.11. The van der Waals surface area contributed by atoms with Gasteiger partial charge in [0.15, 0.2) is 5.16 Å². The molecule has 0 bridgehead atoms. The average Bonchev–Trinajstić information content (AvgIpc) is 3.31. The van der Waals surface area contributed by atoms with E-state index in [-0.39, 0.29) is 11.9 Å². The van der Waals surface area contributed by atoms with E-state index >= 15 is 0 Å². The predicted octanol–water partition coefficient (Wildman–Crippen LogP) is 4.09. The Hall–Kier alpha value is -2.08. The Kier molecular flexibility index (Phi) is 6.50. The third-order valence-electron chi connectivity index (χ3n) is 4.79. The van der Waals surface area contributed by atoms with Gasteiger partial charge in [-0.3, -0.25) is 4.79 Å². The molecule has 1 aliphatic rings. The van der Waals surface area contributed by atoms with Gasteiger partial charge in [-0.1, -0.05) is 61.0 Å². The predicted molar refractivity (Wildman–Crippen MR) is 105 cm³/mol. The molecule has 1 unspecified atom stereocenters. The molecule has 6 heteroatoms. The van der Waals surface area contributed by atoms with Crippen molar-refractivity contribution in [2.75, 3.05) is 5.75 Å². The van der Waals surface area contributed by atoms with Crippen molar-refractivity contribution in [3.05, 3.63) is 54.4 Å². The highest BCUT2D eigenvalue weighted by Gasteiger charge is 2.24. The van der Waals surface area contributed by atoms with Crippen molar-refractivity contribution in [2.45, 2.75) is 56.3 Å². The maximum Gasteiger partial charge on any atom is 0.230 e. The molecule has 1 amide bonds. The zero-order chi connectivity index (χ0) is 18.4. The molecular formula is C20H26N4OS. The molecule has 1 aromatic carbocycles. The third kappa shape index (κ3) is 4.55. The molecule has 3 rings (SSSR count). The number of nitrogens with one attached hydrogen (secondary N) is 1. The molecule has 1 atom stereocenters. The Morgan fingerprint density at radius 2 is 2.08 bits per heavy atom. The van der Waals surface area contributed by atoms with Crippen LogP contribution in [0.4, 0.5) is 0 Å².